The molecule has 3 heterocycles. The first-order valence-electron chi connectivity index (χ1n) is 22.9. The Bertz CT molecular complexity index is 4070. The molecule has 6 nitrogen and oxygen atoms in total. The molecule has 0 aliphatic heterocycles. The van der Waals surface area contributed by atoms with Crippen molar-refractivity contribution in [3.05, 3.63) is 235 Å². The van der Waals surface area contributed by atoms with Gasteiger partial charge in [0.05, 0.1) is 85.1 Å². The highest BCUT2D eigenvalue weighted by atomic mass is 15.1. The molecule has 0 aliphatic rings. The van der Waals surface area contributed by atoms with Crippen LogP contribution in [0.3, 0.4) is 0 Å². The predicted octanol–water partition coefficient (Wildman–Crippen LogP) is 15.6. The van der Waals surface area contributed by atoms with Crippen molar-refractivity contribution in [1.29, 1.82) is 15.8 Å². The Labute approximate surface area is 396 Å². The molecular formula is C63H36N6. The van der Waals surface area contributed by atoms with E-state index in [1.54, 1.807) is 0 Å². The lowest BCUT2D eigenvalue weighted by Gasteiger charge is -2.31. The second-order valence-corrected chi connectivity index (χ2v) is 17.4. The normalized spacial score (nSPS) is 11.4. The SMILES string of the molecule is N#Cc1cccc(-c2c(-c3cccc(C#N)c3)c(-n3c4ccccc4c4ccccc43)c(-n3c4ccccc4c4ccccc43)c(-n3c4ccccc4c4ccccc43)c2-c2cccc(C#N)c2)c1. The fourth-order valence-corrected chi connectivity index (χ4v) is 10.9. The fraction of sp³-hybridized carbons (Fsp3) is 0. The van der Waals surface area contributed by atoms with E-state index in [0.29, 0.717) is 16.7 Å². The van der Waals surface area contributed by atoms with Gasteiger partial charge in [-0.15, -0.1) is 0 Å². The van der Waals surface area contributed by atoms with Crippen LogP contribution in [0.5, 0.6) is 0 Å². The zero-order valence-corrected chi connectivity index (χ0v) is 37.0. The van der Waals surface area contributed by atoms with Crippen molar-refractivity contribution in [2.75, 3.05) is 0 Å². The molecule has 0 fully saturated rings. The average molecular weight is 877 g/mol. The first-order valence-corrected chi connectivity index (χ1v) is 22.9. The van der Waals surface area contributed by atoms with Crippen molar-refractivity contribution in [3.63, 3.8) is 0 Å². The Hall–Kier alpha value is -9.93. The Kier molecular flexibility index (Phi) is 8.92. The van der Waals surface area contributed by atoms with E-state index >= 15 is 0 Å². The largest absolute Gasteiger partial charge is 0.306 e. The standard InChI is InChI=1S/C63H36N6/c64-37-40-16-13-19-43(34-40)58-59(44-20-14-17-41(35-44)38-65)61(67-52-28-7-1-22-46(52)47-23-2-8-29-53(47)67)63(69-56-32-11-5-26-50(56)51-27-6-12-33-57(51)69)62(60(58)45-21-15-18-42(36-45)39-66)68-54-30-9-3-24-48(54)49-25-4-10-31-55(49)68/h1-36H. The highest BCUT2D eigenvalue weighted by Gasteiger charge is 2.34. The molecule has 0 saturated heterocycles. The van der Waals surface area contributed by atoms with E-state index in [-0.39, 0.29) is 0 Å². The topological polar surface area (TPSA) is 86.2 Å². The molecule has 318 valence electrons. The molecule has 0 aliphatic carbocycles. The van der Waals surface area contributed by atoms with E-state index in [1.807, 2.05) is 54.6 Å². The van der Waals surface area contributed by atoms with Crippen LogP contribution in [0.25, 0.3) is 116 Å². The number of fused-ring (bicyclic) bond motifs is 9. The van der Waals surface area contributed by atoms with Gasteiger partial charge in [-0.1, -0.05) is 146 Å². The van der Waals surface area contributed by atoms with E-state index in [2.05, 4.69) is 196 Å². The highest BCUT2D eigenvalue weighted by Crippen LogP contribution is 2.55. The van der Waals surface area contributed by atoms with E-state index in [9.17, 15) is 15.8 Å². The third-order valence-corrected chi connectivity index (χ3v) is 13.7. The Morgan fingerprint density at radius 3 is 0.768 bits per heavy atom. The van der Waals surface area contributed by atoms with Crippen LogP contribution in [-0.2, 0) is 0 Å². The van der Waals surface area contributed by atoms with Gasteiger partial charge in [0.1, 0.15) is 0 Å². The summed E-state index contributed by atoms with van der Waals surface area (Å²) >= 11 is 0. The van der Waals surface area contributed by atoms with Crippen LogP contribution in [0, 0.1) is 34.0 Å². The summed E-state index contributed by atoms with van der Waals surface area (Å²) in [6.07, 6.45) is 0. The monoisotopic (exact) mass is 876 g/mol. The minimum absolute atomic E-state index is 0.504. The van der Waals surface area contributed by atoms with Crippen molar-refractivity contribution in [2.45, 2.75) is 0 Å². The summed E-state index contributed by atoms with van der Waals surface area (Å²) in [7, 11) is 0. The van der Waals surface area contributed by atoms with Crippen molar-refractivity contribution < 1.29 is 0 Å². The molecule has 13 aromatic rings. The van der Waals surface area contributed by atoms with Gasteiger partial charge in [-0.05, 0) is 89.5 Å². The van der Waals surface area contributed by atoms with Gasteiger partial charge in [0.15, 0.2) is 0 Å². The maximum atomic E-state index is 10.7. The van der Waals surface area contributed by atoms with Gasteiger partial charge in [0.2, 0.25) is 0 Å². The van der Waals surface area contributed by atoms with Crippen molar-refractivity contribution >= 4 is 65.4 Å². The third kappa shape index (κ3) is 5.89. The average Bonchev–Trinajstić information content (AvgIpc) is 4.06. The summed E-state index contributed by atoms with van der Waals surface area (Å²) in [5.41, 5.74) is 15.2. The number of rotatable bonds is 6. The summed E-state index contributed by atoms with van der Waals surface area (Å²) in [6, 6.07) is 82.5. The summed E-state index contributed by atoms with van der Waals surface area (Å²) in [6.45, 7) is 0. The first kappa shape index (κ1) is 39.4. The zero-order chi connectivity index (χ0) is 46.2. The number of nitrogens with zero attached hydrogens (tertiary/aromatic N) is 6. The maximum Gasteiger partial charge on any atom is 0.0991 e. The Balaban J connectivity index is 1.45. The minimum atomic E-state index is 0.504. The highest BCUT2D eigenvalue weighted by molar-refractivity contribution is 6.18. The fourth-order valence-electron chi connectivity index (χ4n) is 10.9. The minimum Gasteiger partial charge on any atom is -0.306 e. The number of para-hydroxylation sites is 6. The molecule has 6 heteroatoms. The molecule has 0 bridgehead atoms. The van der Waals surface area contributed by atoms with E-state index in [4.69, 9.17) is 0 Å². The van der Waals surface area contributed by atoms with E-state index in [0.717, 1.165) is 116 Å². The van der Waals surface area contributed by atoms with E-state index < -0.39 is 0 Å². The second-order valence-electron chi connectivity index (χ2n) is 17.4. The summed E-state index contributed by atoms with van der Waals surface area (Å²) in [5, 5.41) is 38.6. The molecule has 0 saturated carbocycles. The summed E-state index contributed by atoms with van der Waals surface area (Å²) < 4.78 is 7.28. The van der Waals surface area contributed by atoms with Gasteiger partial charge < -0.3 is 13.7 Å². The number of aromatic nitrogens is 3. The van der Waals surface area contributed by atoms with Crippen molar-refractivity contribution in [2.24, 2.45) is 0 Å². The number of hydrogen-bond donors (Lipinski definition) is 0. The van der Waals surface area contributed by atoms with Crippen LogP contribution in [0.15, 0.2) is 218 Å². The number of benzene rings is 10. The summed E-state index contributed by atoms with van der Waals surface area (Å²) in [4.78, 5) is 0. The molecule has 0 atom stereocenters. The molecule has 0 spiro atoms. The number of nitriles is 3. The first-order chi connectivity index (χ1) is 34.1. The quantitative estimate of drug-likeness (QED) is 0.167. The Morgan fingerprint density at radius 1 is 0.246 bits per heavy atom. The summed E-state index contributed by atoms with van der Waals surface area (Å²) in [5.74, 6) is 0. The van der Waals surface area contributed by atoms with E-state index in [1.165, 1.54) is 0 Å². The van der Waals surface area contributed by atoms with Crippen LogP contribution in [0.2, 0.25) is 0 Å². The van der Waals surface area contributed by atoms with Gasteiger partial charge in [-0.3, -0.25) is 0 Å². The third-order valence-electron chi connectivity index (χ3n) is 13.7. The second kappa shape index (κ2) is 15.6. The molecule has 13 rings (SSSR count). The molecule has 0 N–H and O–H groups in total. The van der Waals surface area contributed by atoms with Crippen LogP contribution in [-0.4, -0.2) is 13.7 Å². The molecule has 0 amide bonds. The lowest BCUT2D eigenvalue weighted by Crippen LogP contribution is -2.14. The van der Waals surface area contributed by atoms with Crippen LogP contribution >= 0.6 is 0 Å². The molecule has 10 aromatic carbocycles. The van der Waals surface area contributed by atoms with Crippen molar-refractivity contribution in [1.82, 2.24) is 13.7 Å². The number of hydrogen-bond acceptors (Lipinski definition) is 3. The predicted molar refractivity (Wildman–Crippen MR) is 280 cm³/mol. The van der Waals surface area contributed by atoms with Crippen LogP contribution in [0.4, 0.5) is 0 Å². The van der Waals surface area contributed by atoms with Gasteiger partial charge in [0.25, 0.3) is 0 Å². The Morgan fingerprint density at radius 2 is 0.493 bits per heavy atom. The smallest absolute Gasteiger partial charge is 0.0991 e. The lowest BCUT2D eigenvalue weighted by atomic mass is 9.82. The zero-order valence-electron chi connectivity index (χ0n) is 37.0. The van der Waals surface area contributed by atoms with Crippen molar-refractivity contribution in [3.8, 4) is 68.7 Å². The molecule has 0 unspecified atom stereocenters. The van der Waals surface area contributed by atoms with Gasteiger partial charge in [-0.25, -0.2) is 0 Å². The molecule has 3 aromatic heterocycles. The van der Waals surface area contributed by atoms with Crippen LogP contribution in [0.1, 0.15) is 16.7 Å². The molecular weight excluding hydrogens is 841 g/mol. The van der Waals surface area contributed by atoms with Gasteiger partial charge in [-0.2, -0.15) is 15.8 Å². The maximum absolute atomic E-state index is 10.7. The lowest BCUT2D eigenvalue weighted by molar-refractivity contribution is 1.05. The van der Waals surface area contributed by atoms with Gasteiger partial charge in [0, 0.05) is 49.0 Å². The van der Waals surface area contributed by atoms with Gasteiger partial charge >= 0.3 is 0 Å². The molecule has 0 radical (unpaired) electrons. The van der Waals surface area contributed by atoms with Crippen LogP contribution < -0.4 is 0 Å². The molecule has 69 heavy (non-hydrogen) atoms.